The molecule has 0 radical (unpaired) electrons. The monoisotopic (exact) mass is 278 g/mol. The molecule has 2 N–H and O–H groups in total. The first-order valence-corrected chi connectivity index (χ1v) is 7.51. The van der Waals surface area contributed by atoms with Crippen molar-refractivity contribution in [2.24, 2.45) is 0 Å². The number of para-hydroxylation sites is 2. The lowest BCUT2D eigenvalue weighted by molar-refractivity contribution is 0.443. The molecule has 0 aliphatic heterocycles. The van der Waals surface area contributed by atoms with E-state index in [9.17, 15) is 0 Å². The SMILES string of the molecule is c1cnc2c(c1)CCCC2NCc1nc2ccccc2[nH]1. The van der Waals surface area contributed by atoms with Crippen LogP contribution in [0.2, 0.25) is 0 Å². The van der Waals surface area contributed by atoms with E-state index >= 15 is 0 Å². The van der Waals surface area contributed by atoms with Gasteiger partial charge in [0.05, 0.1) is 29.3 Å². The summed E-state index contributed by atoms with van der Waals surface area (Å²) in [6.07, 6.45) is 5.40. The van der Waals surface area contributed by atoms with Crippen molar-refractivity contribution in [2.75, 3.05) is 0 Å². The van der Waals surface area contributed by atoms with E-state index in [-0.39, 0.29) is 0 Å². The predicted octanol–water partition coefficient (Wildman–Crippen LogP) is 3.13. The Balaban J connectivity index is 1.52. The topological polar surface area (TPSA) is 53.6 Å². The Labute approximate surface area is 123 Å². The number of aromatic amines is 1. The maximum atomic E-state index is 4.61. The first-order valence-electron chi connectivity index (χ1n) is 7.51. The average molecular weight is 278 g/mol. The normalized spacial score (nSPS) is 17.8. The molecule has 0 saturated heterocycles. The molecule has 1 aliphatic carbocycles. The van der Waals surface area contributed by atoms with E-state index in [2.05, 4.69) is 32.4 Å². The van der Waals surface area contributed by atoms with Gasteiger partial charge in [0.15, 0.2) is 0 Å². The van der Waals surface area contributed by atoms with E-state index in [0.717, 1.165) is 36.2 Å². The van der Waals surface area contributed by atoms with E-state index in [1.807, 2.05) is 30.5 Å². The molecule has 1 unspecified atom stereocenters. The number of nitrogens with one attached hydrogen (secondary N) is 2. The Kier molecular flexibility index (Phi) is 3.16. The Morgan fingerprint density at radius 3 is 3.10 bits per heavy atom. The summed E-state index contributed by atoms with van der Waals surface area (Å²) in [5.74, 6) is 0.985. The molecule has 106 valence electrons. The van der Waals surface area contributed by atoms with Gasteiger partial charge in [-0.2, -0.15) is 0 Å². The molecule has 1 atom stereocenters. The fourth-order valence-corrected chi connectivity index (χ4v) is 3.12. The van der Waals surface area contributed by atoms with Crippen LogP contribution in [0, 0.1) is 0 Å². The third-order valence-corrected chi connectivity index (χ3v) is 4.15. The zero-order valence-corrected chi connectivity index (χ0v) is 11.8. The van der Waals surface area contributed by atoms with Gasteiger partial charge in [0, 0.05) is 6.20 Å². The molecule has 0 spiro atoms. The van der Waals surface area contributed by atoms with Crippen LogP contribution in [0.25, 0.3) is 11.0 Å². The molecule has 0 saturated carbocycles. The summed E-state index contributed by atoms with van der Waals surface area (Å²) in [7, 11) is 0. The Morgan fingerprint density at radius 2 is 2.14 bits per heavy atom. The molecule has 3 aromatic rings. The molecular weight excluding hydrogens is 260 g/mol. The molecule has 0 bridgehead atoms. The highest BCUT2D eigenvalue weighted by molar-refractivity contribution is 5.74. The molecule has 0 fully saturated rings. The maximum absolute atomic E-state index is 4.61. The third kappa shape index (κ3) is 2.43. The van der Waals surface area contributed by atoms with E-state index in [1.165, 1.54) is 17.7 Å². The average Bonchev–Trinajstić information content (AvgIpc) is 2.96. The molecule has 4 nitrogen and oxygen atoms in total. The summed E-state index contributed by atoms with van der Waals surface area (Å²) in [6, 6.07) is 12.7. The molecule has 0 amide bonds. The second-order valence-corrected chi connectivity index (χ2v) is 5.57. The van der Waals surface area contributed by atoms with E-state index in [1.54, 1.807) is 0 Å². The minimum Gasteiger partial charge on any atom is -0.341 e. The minimum absolute atomic E-state index is 0.336. The number of nitrogens with zero attached hydrogens (tertiary/aromatic N) is 2. The van der Waals surface area contributed by atoms with Crippen molar-refractivity contribution in [1.82, 2.24) is 20.3 Å². The van der Waals surface area contributed by atoms with Crippen LogP contribution in [0.1, 0.15) is 36.0 Å². The number of benzene rings is 1. The lowest BCUT2D eigenvalue weighted by atomic mass is 9.92. The van der Waals surface area contributed by atoms with Crippen molar-refractivity contribution >= 4 is 11.0 Å². The number of pyridine rings is 1. The fourth-order valence-electron chi connectivity index (χ4n) is 3.12. The van der Waals surface area contributed by atoms with Crippen molar-refractivity contribution in [1.29, 1.82) is 0 Å². The van der Waals surface area contributed by atoms with Gasteiger partial charge in [0.2, 0.25) is 0 Å². The zero-order chi connectivity index (χ0) is 14.1. The van der Waals surface area contributed by atoms with Crippen LogP contribution in [0.3, 0.4) is 0 Å². The molecule has 1 aliphatic rings. The van der Waals surface area contributed by atoms with Gasteiger partial charge in [0.25, 0.3) is 0 Å². The number of imidazole rings is 1. The van der Waals surface area contributed by atoms with Gasteiger partial charge in [-0.1, -0.05) is 18.2 Å². The van der Waals surface area contributed by atoms with Crippen molar-refractivity contribution in [3.8, 4) is 0 Å². The van der Waals surface area contributed by atoms with E-state index in [0.29, 0.717) is 6.04 Å². The van der Waals surface area contributed by atoms with Crippen molar-refractivity contribution in [3.05, 3.63) is 59.7 Å². The van der Waals surface area contributed by atoms with Crippen molar-refractivity contribution in [2.45, 2.75) is 31.8 Å². The van der Waals surface area contributed by atoms with Gasteiger partial charge in [-0.15, -0.1) is 0 Å². The van der Waals surface area contributed by atoms with Crippen LogP contribution in [0.15, 0.2) is 42.6 Å². The number of hydrogen-bond donors (Lipinski definition) is 2. The van der Waals surface area contributed by atoms with Crippen molar-refractivity contribution in [3.63, 3.8) is 0 Å². The number of hydrogen-bond acceptors (Lipinski definition) is 3. The zero-order valence-electron chi connectivity index (χ0n) is 11.8. The third-order valence-electron chi connectivity index (χ3n) is 4.15. The van der Waals surface area contributed by atoms with Gasteiger partial charge in [0.1, 0.15) is 5.82 Å². The van der Waals surface area contributed by atoms with Gasteiger partial charge < -0.3 is 10.3 Å². The molecule has 4 rings (SSSR count). The summed E-state index contributed by atoms with van der Waals surface area (Å²) < 4.78 is 0. The number of aromatic nitrogens is 3. The second kappa shape index (κ2) is 5.30. The lowest BCUT2D eigenvalue weighted by Gasteiger charge is -2.24. The highest BCUT2D eigenvalue weighted by Gasteiger charge is 2.20. The highest BCUT2D eigenvalue weighted by atomic mass is 15.0. The largest absolute Gasteiger partial charge is 0.341 e. The smallest absolute Gasteiger partial charge is 0.121 e. The van der Waals surface area contributed by atoms with Crippen LogP contribution >= 0.6 is 0 Å². The van der Waals surface area contributed by atoms with Gasteiger partial charge in [-0.05, 0) is 43.0 Å². The van der Waals surface area contributed by atoms with Crippen molar-refractivity contribution < 1.29 is 0 Å². The second-order valence-electron chi connectivity index (χ2n) is 5.57. The summed E-state index contributed by atoms with van der Waals surface area (Å²) in [6.45, 7) is 0.745. The fraction of sp³-hybridized carbons (Fsp3) is 0.294. The minimum atomic E-state index is 0.336. The van der Waals surface area contributed by atoms with Crippen LogP contribution in [-0.2, 0) is 13.0 Å². The number of fused-ring (bicyclic) bond motifs is 2. The standard InChI is InChI=1S/C17H18N4/c1-2-8-14-13(7-1)20-16(21-14)11-19-15-9-3-5-12-6-4-10-18-17(12)15/h1-2,4,6-8,10,15,19H,3,5,9,11H2,(H,20,21). The molecule has 4 heteroatoms. The highest BCUT2D eigenvalue weighted by Crippen LogP contribution is 2.27. The lowest BCUT2D eigenvalue weighted by Crippen LogP contribution is -2.26. The van der Waals surface area contributed by atoms with Gasteiger partial charge in [-0.3, -0.25) is 4.98 Å². The van der Waals surface area contributed by atoms with Crippen LogP contribution in [-0.4, -0.2) is 15.0 Å². The molecule has 2 aromatic heterocycles. The number of rotatable bonds is 3. The quantitative estimate of drug-likeness (QED) is 0.774. The Bertz CT molecular complexity index is 729. The molecule has 21 heavy (non-hydrogen) atoms. The van der Waals surface area contributed by atoms with Crippen LogP contribution in [0.4, 0.5) is 0 Å². The van der Waals surface area contributed by atoms with E-state index in [4.69, 9.17) is 0 Å². The summed E-state index contributed by atoms with van der Waals surface area (Å²) in [5.41, 5.74) is 4.71. The Morgan fingerprint density at radius 1 is 1.19 bits per heavy atom. The van der Waals surface area contributed by atoms with Gasteiger partial charge >= 0.3 is 0 Å². The maximum Gasteiger partial charge on any atom is 0.121 e. The summed E-state index contributed by atoms with van der Waals surface area (Å²) in [5, 5.41) is 3.60. The van der Waals surface area contributed by atoms with Crippen LogP contribution in [0.5, 0.6) is 0 Å². The number of aryl methyl sites for hydroxylation is 1. The Hall–Kier alpha value is -2.20. The van der Waals surface area contributed by atoms with Gasteiger partial charge in [-0.25, -0.2) is 4.98 Å². The first kappa shape index (κ1) is 12.5. The predicted molar refractivity (Wildman–Crippen MR) is 82.8 cm³/mol. The van der Waals surface area contributed by atoms with E-state index < -0.39 is 0 Å². The molecule has 2 heterocycles. The first-order chi connectivity index (χ1) is 10.4. The number of H-pyrrole nitrogens is 1. The molecular formula is C17H18N4. The summed E-state index contributed by atoms with van der Waals surface area (Å²) >= 11 is 0. The summed E-state index contributed by atoms with van der Waals surface area (Å²) in [4.78, 5) is 12.5. The van der Waals surface area contributed by atoms with Crippen LogP contribution < -0.4 is 5.32 Å². The molecule has 1 aromatic carbocycles.